The second-order valence-electron chi connectivity index (χ2n) is 13.5. The van der Waals surface area contributed by atoms with Crippen molar-refractivity contribution < 1.29 is 14.7 Å². The third-order valence-electron chi connectivity index (χ3n) is 9.97. The van der Waals surface area contributed by atoms with Gasteiger partial charge in [0.1, 0.15) is 6.23 Å². The Labute approximate surface area is 301 Å². The summed E-state index contributed by atoms with van der Waals surface area (Å²) in [7, 11) is 0. The molecule has 1 saturated heterocycles. The van der Waals surface area contributed by atoms with Crippen molar-refractivity contribution in [2.24, 2.45) is 0 Å². The van der Waals surface area contributed by atoms with Crippen molar-refractivity contribution in [2.45, 2.75) is 72.2 Å². The number of fused-ring (bicyclic) bond motifs is 1. The lowest BCUT2D eigenvalue weighted by Crippen LogP contribution is -2.52. The summed E-state index contributed by atoms with van der Waals surface area (Å²) in [5.41, 5.74) is 6.61. The Kier molecular flexibility index (Phi) is 11.6. The number of anilines is 1. The van der Waals surface area contributed by atoms with Crippen molar-refractivity contribution in [1.29, 1.82) is 0 Å². The number of halogens is 1. The molecule has 1 fully saturated rings. The number of carbonyl (C=O) groups is 2. The molecule has 0 saturated carbocycles. The first kappa shape index (κ1) is 35.6. The minimum Gasteiger partial charge on any atom is -0.376 e. The van der Waals surface area contributed by atoms with E-state index in [1.807, 2.05) is 82.3 Å². The highest BCUT2D eigenvalue weighted by Crippen LogP contribution is 2.29. The fraction of sp³-hybridized carbons (Fsp3) is 0.425. The third kappa shape index (κ3) is 7.90. The van der Waals surface area contributed by atoms with E-state index < -0.39 is 6.23 Å². The molecular formula is C40H49ClN6O3. The molecule has 0 bridgehead atoms. The van der Waals surface area contributed by atoms with Crippen molar-refractivity contribution in [2.75, 3.05) is 44.2 Å². The average molecular weight is 697 g/mol. The molecule has 6 rings (SSSR count). The summed E-state index contributed by atoms with van der Waals surface area (Å²) < 4.78 is 1.75. The Balaban J connectivity index is 1.30. The van der Waals surface area contributed by atoms with Crippen LogP contribution in [0, 0.1) is 6.92 Å². The third-order valence-corrected chi connectivity index (χ3v) is 10.3. The number of unbranched alkanes of at least 4 members (excludes halogenated alkanes) is 2. The van der Waals surface area contributed by atoms with E-state index in [0.29, 0.717) is 74.3 Å². The van der Waals surface area contributed by atoms with Gasteiger partial charge in [-0.2, -0.15) is 5.10 Å². The van der Waals surface area contributed by atoms with Gasteiger partial charge < -0.3 is 19.8 Å². The zero-order chi connectivity index (χ0) is 35.2. The number of aliphatic hydroxyl groups excluding tert-OH is 1. The fourth-order valence-electron chi connectivity index (χ4n) is 6.98. The lowest BCUT2D eigenvalue weighted by Gasteiger charge is -2.40. The minimum atomic E-state index is -0.706. The number of aliphatic hydroxyl groups is 1. The quantitative estimate of drug-likeness (QED) is 0.177. The molecule has 264 valence electrons. The van der Waals surface area contributed by atoms with Gasteiger partial charge in [0.05, 0.1) is 17.8 Å². The molecule has 1 N–H and O–H groups in total. The summed E-state index contributed by atoms with van der Waals surface area (Å²) in [5.74, 6) is -0.154. The lowest BCUT2D eigenvalue weighted by atomic mass is 9.99. The SMILES string of the molecule is CCCCN(CCCC)C(=O)c1cc(C)n(-c2ccc(N3CCN(Cc4ccccc4Cl)C(O)C3)cc2C(=O)N2CCc3ccccc3C2)n1. The van der Waals surface area contributed by atoms with Crippen LogP contribution in [0.25, 0.3) is 5.69 Å². The molecule has 2 aliphatic heterocycles. The summed E-state index contributed by atoms with van der Waals surface area (Å²) >= 11 is 6.42. The lowest BCUT2D eigenvalue weighted by molar-refractivity contribution is -0.00906. The molecule has 9 nitrogen and oxygen atoms in total. The van der Waals surface area contributed by atoms with Crippen molar-refractivity contribution in [3.8, 4) is 5.69 Å². The van der Waals surface area contributed by atoms with Crippen molar-refractivity contribution >= 4 is 29.1 Å². The molecule has 0 aliphatic carbocycles. The molecule has 0 radical (unpaired) electrons. The maximum absolute atomic E-state index is 14.5. The van der Waals surface area contributed by atoms with Crippen LogP contribution in [0.5, 0.6) is 0 Å². The summed E-state index contributed by atoms with van der Waals surface area (Å²) in [6, 6.07) is 23.7. The van der Waals surface area contributed by atoms with Gasteiger partial charge >= 0.3 is 0 Å². The highest BCUT2D eigenvalue weighted by Gasteiger charge is 2.30. The van der Waals surface area contributed by atoms with Gasteiger partial charge in [0.25, 0.3) is 11.8 Å². The predicted molar refractivity (Wildman–Crippen MR) is 199 cm³/mol. The van der Waals surface area contributed by atoms with Gasteiger partial charge in [0, 0.05) is 62.2 Å². The van der Waals surface area contributed by atoms with Gasteiger partial charge in [-0.05, 0) is 73.2 Å². The van der Waals surface area contributed by atoms with Crippen LogP contribution in [-0.2, 0) is 19.5 Å². The van der Waals surface area contributed by atoms with Crippen LogP contribution < -0.4 is 4.90 Å². The van der Waals surface area contributed by atoms with E-state index in [4.69, 9.17) is 16.7 Å². The number of β-amino-alcohol motifs (C(OH)–C–C–N with tert-alkyl or cyclic N) is 1. The number of aryl methyl sites for hydroxylation is 1. The fourth-order valence-corrected chi connectivity index (χ4v) is 7.18. The van der Waals surface area contributed by atoms with Gasteiger partial charge in [-0.3, -0.25) is 14.5 Å². The van der Waals surface area contributed by atoms with E-state index in [1.165, 1.54) is 5.56 Å². The van der Waals surface area contributed by atoms with Gasteiger partial charge in [-0.1, -0.05) is 80.8 Å². The van der Waals surface area contributed by atoms with E-state index in [9.17, 15) is 14.7 Å². The number of piperazine rings is 1. The molecule has 2 amide bonds. The van der Waals surface area contributed by atoms with Crippen LogP contribution in [0.1, 0.15) is 82.8 Å². The number of amides is 2. The van der Waals surface area contributed by atoms with Crippen LogP contribution in [0.4, 0.5) is 5.69 Å². The Morgan fingerprint density at radius 1 is 0.920 bits per heavy atom. The first-order valence-electron chi connectivity index (χ1n) is 18.0. The number of rotatable bonds is 12. The van der Waals surface area contributed by atoms with Gasteiger partial charge in [-0.15, -0.1) is 0 Å². The smallest absolute Gasteiger partial charge is 0.274 e. The van der Waals surface area contributed by atoms with Crippen LogP contribution >= 0.6 is 11.6 Å². The van der Waals surface area contributed by atoms with E-state index in [0.717, 1.165) is 54.6 Å². The van der Waals surface area contributed by atoms with Crippen LogP contribution in [-0.4, -0.2) is 86.9 Å². The number of hydrogen-bond acceptors (Lipinski definition) is 6. The normalized spacial score (nSPS) is 16.4. The number of nitrogens with zero attached hydrogens (tertiary/aromatic N) is 6. The molecule has 1 aromatic heterocycles. The highest BCUT2D eigenvalue weighted by atomic mass is 35.5. The summed E-state index contributed by atoms with van der Waals surface area (Å²) in [5, 5.41) is 16.7. The zero-order valence-electron chi connectivity index (χ0n) is 29.5. The average Bonchev–Trinajstić information content (AvgIpc) is 3.53. The number of aromatic nitrogens is 2. The largest absolute Gasteiger partial charge is 0.376 e. The van der Waals surface area contributed by atoms with Crippen molar-refractivity contribution in [1.82, 2.24) is 24.5 Å². The highest BCUT2D eigenvalue weighted by molar-refractivity contribution is 6.31. The molecule has 1 atom stereocenters. The Hall–Kier alpha value is -4.18. The molecule has 10 heteroatoms. The van der Waals surface area contributed by atoms with Crippen LogP contribution in [0.3, 0.4) is 0 Å². The molecule has 50 heavy (non-hydrogen) atoms. The Morgan fingerprint density at radius 3 is 2.36 bits per heavy atom. The van der Waals surface area contributed by atoms with Gasteiger partial charge in [0.2, 0.25) is 0 Å². The number of hydrogen-bond donors (Lipinski definition) is 1. The zero-order valence-corrected chi connectivity index (χ0v) is 30.3. The molecule has 4 aromatic rings. The van der Waals surface area contributed by atoms with Crippen molar-refractivity contribution in [3.63, 3.8) is 0 Å². The molecular weight excluding hydrogens is 648 g/mol. The molecule has 2 aliphatic rings. The molecule has 3 heterocycles. The standard InChI is InChI=1S/C40H49ClN6O3/c1-4-6-19-43(20-7-5-2)40(50)36-24-29(3)47(42-36)37-17-16-33(25-34(37)39(49)46-21-18-30-12-8-9-13-31(30)26-46)44-22-23-45(38(48)28-44)27-32-14-10-11-15-35(32)41/h8-17,24-25,38,48H,4-7,18-23,26-28H2,1-3H3. The van der Waals surface area contributed by atoms with E-state index in [1.54, 1.807) is 4.68 Å². The van der Waals surface area contributed by atoms with Gasteiger partial charge in [-0.25, -0.2) is 4.68 Å². The maximum Gasteiger partial charge on any atom is 0.274 e. The van der Waals surface area contributed by atoms with E-state index >= 15 is 0 Å². The monoisotopic (exact) mass is 696 g/mol. The predicted octanol–water partition coefficient (Wildman–Crippen LogP) is 6.72. The first-order valence-corrected chi connectivity index (χ1v) is 18.4. The Bertz CT molecular complexity index is 1800. The number of carbonyl (C=O) groups excluding carboxylic acids is 2. The second-order valence-corrected chi connectivity index (χ2v) is 13.9. The summed E-state index contributed by atoms with van der Waals surface area (Å²) in [6.45, 7) is 11.0. The second kappa shape index (κ2) is 16.2. The minimum absolute atomic E-state index is 0.0745. The maximum atomic E-state index is 14.5. The topological polar surface area (TPSA) is 85.2 Å². The van der Waals surface area contributed by atoms with Crippen LogP contribution in [0.2, 0.25) is 5.02 Å². The Morgan fingerprint density at radius 2 is 1.64 bits per heavy atom. The first-order chi connectivity index (χ1) is 24.3. The van der Waals surface area contributed by atoms with E-state index in [2.05, 4.69) is 30.9 Å². The van der Waals surface area contributed by atoms with Crippen molar-refractivity contribution in [3.05, 3.63) is 111 Å². The van der Waals surface area contributed by atoms with Crippen LogP contribution in [0.15, 0.2) is 72.8 Å². The van der Waals surface area contributed by atoms with Gasteiger partial charge in [0.15, 0.2) is 5.69 Å². The summed E-state index contributed by atoms with van der Waals surface area (Å²) in [6.07, 6.45) is 3.99. The van der Waals surface area contributed by atoms with E-state index in [-0.39, 0.29) is 11.8 Å². The molecule has 1 unspecified atom stereocenters. The number of benzene rings is 3. The molecule has 3 aromatic carbocycles. The summed E-state index contributed by atoms with van der Waals surface area (Å²) in [4.78, 5) is 36.2. The molecule has 0 spiro atoms.